The van der Waals surface area contributed by atoms with Gasteiger partial charge in [0, 0.05) is 19.7 Å². The highest BCUT2D eigenvalue weighted by molar-refractivity contribution is 5.80. The predicted octanol–water partition coefficient (Wildman–Crippen LogP) is 2.34. The summed E-state index contributed by atoms with van der Waals surface area (Å²) in [6.45, 7) is 2.90. The Hall–Kier alpha value is -1.61. The molecule has 1 amide bonds. The molecule has 0 saturated carbocycles. The van der Waals surface area contributed by atoms with E-state index in [-0.39, 0.29) is 11.8 Å². The number of amides is 1. The third-order valence-electron chi connectivity index (χ3n) is 3.94. The number of hydrogen-bond acceptors (Lipinski definition) is 2. The van der Waals surface area contributed by atoms with E-state index in [1.165, 1.54) is 11.1 Å². The van der Waals surface area contributed by atoms with Crippen molar-refractivity contribution in [1.82, 2.24) is 4.90 Å². The van der Waals surface area contributed by atoms with Gasteiger partial charge in [-0.1, -0.05) is 36.4 Å². The maximum absolute atomic E-state index is 12.3. The minimum absolute atomic E-state index is 0.0895. The summed E-state index contributed by atoms with van der Waals surface area (Å²) in [4.78, 5) is 14.2. The van der Waals surface area contributed by atoms with Crippen LogP contribution >= 0.6 is 0 Å². The first kappa shape index (κ1) is 12.4. The van der Waals surface area contributed by atoms with Crippen LogP contribution < -0.4 is 0 Å². The summed E-state index contributed by atoms with van der Waals surface area (Å²) < 4.78 is 5.30. The van der Waals surface area contributed by atoms with Crippen LogP contribution in [-0.4, -0.2) is 37.1 Å². The van der Waals surface area contributed by atoms with E-state index >= 15 is 0 Å². The molecule has 19 heavy (non-hydrogen) atoms. The lowest BCUT2D eigenvalue weighted by molar-refractivity contribution is -0.135. The average molecular weight is 257 g/mol. The van der Waals surface area contributed by atoms with Gasteiger partial charge in [-0.15, -0.1) is 0 Å². The summed E-state index contributed by atoms with van der Waals surface area (Å²) in [5, 5.41) is 0. The van der Waals surface area contributed by atoms with E-state index in [0.29, 0.717) is 6.61 Å². The molecule has 0 radical (unpaired) electrons. The van der Waals surface area contributed by atoms with Gasteiger partial charge < -0.3 is 9.64 Å². The highest BCUT2D eigenvalue weighted by atomic mass is 16.5. The molecule has 3 rings (SSSR count). The molecule has 2 aliphatic heterocycles. The monoisotopic (exact) mass is 257 g/mol. The van der Waals surface area contributed by atoms with Gasteiger partial charge in [0.25, 0.3) is 0 Å². The number of carbonyl (C=O) groups excluding carboxylic acids is 1. The van der Waals surface area contributed by atoms with Crippen LogP contribution in [0, 0.1) is 5.92 Å². The molecule has 0 spiro atoms. The normalized spacial score (nSPS) is 23.3. The van der Waals surface area contributed by atoms with E-state index in [1.807, 2.05) is 11.0 Å². The van der Waals surface area contributed by atoms with Gasteiger partial charge in [-0.05, 0) is 24.0 Å². The Kier molecular flexibility index (Phi) is 3.65. The molecule has 2 aliphatic rings. The molecule has 1 saturated heterocycles. The van der Waals surface area contributed by atoms with E-state index < -0.39 is 0 Å². The van der Waals surface area contributed by atoms with Crippen LogP contribution in [0.3, 0.4) is 0 Å². The molecule has 3 nitrogen and oxygen atoms in total. The topological polar surface area (TPSA) is 29.5 Å². The Bertz CT molecular complexity index is 475. The molecule has 1 aromatic rings. The number of ether oxygens (including phenoxy) is 1. The van der Waals surface area contributed by atoms with Gasteiger partial charge in [0.15, 0.2) is 0 Å². The van der Waals surface area contributed by atoms with E-state index in [4.69, 9.17) is 4.74 Å². The zero-order valence-electron chi connectivity index (χ0n) is 11.0. The zero-order chi connectivity index (χ0) is 13.1. The molecule has 0 unspecified atom stereocenters. The molecule has 0 bridgehead atoms. The number of hydrogen-bond donors (Lipinski definition) is 0. The van der Waals surface area contributed by atoms with Crippen molar-refractivity contribution in [1.29, 1.82) is 0 Å². The molecule has 1 aromatic carbocycles. The summed E-state index contributed by atoms with van der Waals surface area (Å²) in [6.07, 6.45) is 4.01. The quantitative estimate of drug-likeness (QED) is 0.814. The Morgan fingerprint density at radius 3 is 2.74 bits per heavy atom. The molecule has 2 heterocycles. The zero-order valence-corrected chi connectivity index (χ0v) is 11.0. The van der Waals surface area contributed by atoms with Crippen molar-refractivity contribution < 1.29 is 9.53 Å². The molecule has 0 aromatic heterocycles. The van der Waals surface area contributed by atoms with E-state index in [9.17, 15) is 4.79 Å². The van der Waals surface area contributed by atoms with Gasteiger partial charge in [-0.2, -0.15) is 0 Å². The number of rotatable bonds is 2. The van der Waals surface area contributed by atoms with Crippen molar-refractivity contribution >= 4 is 11.5 Å². The first-order chi connectivity index (χ1) is 9.34. The smallest absolute Gasteiger partial charge is 0.228 e. The van der Waals surface area contributed by atoms with Crippen LogP contribution in [-0.2, 0) is 9.53 Å². The summed E-state index contributed by atoms with van der Waals surface area (Å²) in [6, 6.07) is 10.4. The second kappa shape index (κ2) is 5.57. The van der Waals surface area contributed by atoms with Gasteiger partial charge in [0.1, 0.15) is 0 Å². The summed E-state index contributed by atoms with van der Waals surface area (Å²) >= 11 is 0. The van der Waals surface area contributed by atoms with Crippen LogP contribution in [0.25, 0.3) is 5.57 Å². The van der Waals surface area contributed by atoms with E-state index in [1.54, 1.807) is 0 Å². The largest absolute Gasteiger partial charge is 0.381 e. The second-order valence-corrected chi connectivity index (χ2v) is 5.19. The van der Waals surface area contributed by atoms with Gasteiger partial charge in [0.05, 0.1) is 12.5 Å². The number of carbonyl (C=O) groups is 1. The Morgan fingerprint density at radius 1 is 1.26 bits per heavy atom. The van der Waals surface area contributed by atoms with Crippen molar-refractivity contribution in [3.8, 4) is 0 Å². The fourth-order valence-corrected chi connectivity index (χ4v) is 2.77. The Balaban J connectivity index is 1.65. The second-order valence-electron chi connectivity index (χ2n) is 5.19. The summed E-state index contributed by atoms with van der Waals surface area (Å²) in [5.74, 6) is 0.354. The molecular weight excluding hydrogens is 238 g/mol. The molecule has 0 N–H and O–H groups in total. The van der Waals surface area contributed by atoms with Crippen LogP contribution in [0.15, 0.2) is 36.4 Å². The third-order valence-corrected chi connectivity index (χ3v) is 3.94. The third kappa shape index (κ3) is 2.71. The molecule has 3 heteroatoms. The molecule has 100 valence electrons. The fourth-order valence-electron chi connectivity index (χ4n) is 2.77. The molecular formula is C16H19NO2. The number of benzene rings is 1. The van der Waals surface area contributed by atoms with Gasteiger partial charge in [-0.3, -0.25) is 4.79 Å². The lowest BCUT2D eigenvalue weighted by Gasteiger charge is -2.28. The molecule has 0 aliphatic carbocycles. The minimum atomic E-state index is 0.0895. The van der Waals surface area contributed by atoms with Crippen molar-refractivity contribution in [3.63, 3.8) is 0 Å². The maximum atomic E-state index is 12.3. The highest BCUT2D eigenvalue weighted by Crippen LogP contribution is 2.24. The Labute approximate surface area is 113 Å². The van der Waals surface area contributed by atoms with Gasteiger partial charge in [0.2, 0.25) is 5.91 Å². The highest BCUT2D eigenvalue weighted by Gasteiger charge is 2.28. The minimum Gasteiger partial charge on any atom is -0.381 e. The first-order valence-corrected chi connectivity index (χ1v) is 6.95. The van der Waals surface area contributed by atoms with Crippen molar-refractivity contribution in [2.45, 2.75) is 12.8 Å². The SMILES string of the molecule is O=C([C@H]1CCOC1)N1CC=C(c2ccccc2)CC1. The van der Waals surface area contributed by atoms with Crippen LogP contribution in [0.4, 0.5) is 0 Å². The summed E-state index contributed by atoms with van der Waals surface area (Å²) in [5.41, 5.74) is 2.63. The average Bonchev–Trinajstić information content (AvgIpc) is 3.02. The predicted molar refractivity (Wildman–Crippen MR) is 74.5 cm³/mol. The maximum Gasteiger partial charge on any atom is 0.228 e. The van der Waals surface area contributed by atoms with Crippen molar-refractivity contribution in [3.05, 3.63) is 42.0 Å². The van der Waals surface area contributed by atoms with Crippen molar-refractivity contribution in [2.24, 2.45) is 5.92 Å². The summed E-state index contributed by atoms with van der Waals surface area (Å²) in [7, 11) is 0. The molecule has 1 fully saturated rings. The Morgan fingerprint density at radius 2 is 2.11 bits per heavy atom. The number of nitrogens with zero attached hydrogens (tertiary/aromatic N) is 1. The lowest BCUT2D eigenvalue weighted by atomic mass is 9.98. The van der Waals surface area contributed by atoms with E-state index in [0.717, 1.165) is 32.5 Å². The van der Waals surface area contributed by atoms with Gasteiger partial charge >= 0.3 is 0 Å². The van der Waals surface area contributed by atoms with Crippen LogP contribution in [0.1, 0.15) is 18.4 Å². The fraction of sp³-hybridized carbons (Fsp3) is 0.438. The van der Waals surface area contributed by atoms with Gasteiger partial charge in [-0.25, -0.2) is 0 Å². The lowest BCUT2D eigenvalue weighted by Crippen LogP contribution is -2.39. The van der Waals surface area contributed by atoms with Crippen LogP contribution in [0.5, 0.6) is 0 Å². The van der Waals surface area contributed by atoms with Crippen molar-refractivity contribution in [2.75, 3.05) is 26.3 Å². The first-order valence-electron chi connectivity index (χ1n) is 6.95. The van der Waals surface area contributed by atoms with E-state index in [2.05, 4.69) is 30.3 Å². The van der Waals surface area contributed by atoms with Crippen LogP contribution in [0.2, 0.25) is 0 Å². The standard InChI is InChI=1S/C16H19NO2/c18-16(15-8-11-19-12-15)17-9-6-14(7-10-17)13-4-2-1-3-5-13/h1-6,15H,7-12H2/t15-/m0/s1. The molecule has 1 atom stereocenters.